The smallest absolute Gasteiger partial charge is 0.174 e. The molecule has 0 aliphatic rings. The first-order valence-electron chi connectivity index (χ1n) is 5.05. The van der Waals surface area contributed by atoms with Gasteiger partial charge in [-0.15, -0.1) is 0 Å². The Bertz CT molecular complexity index is 337. The standard InChI is InChI=1S/C12H18O3/c1-8(2)9-6-5-7-10(11(9)15-14)12(3,4)13/h5-8,13-14H,1-4H3. The molecule has 0 atom stereocenters. The normalized spacial score (nSPS) is 11.9. The third-order valence-electron chi connectivity index (χ3n) is 2.42. The molecule has 0 aromatic heterocycles. The van der Waals surface area contributed by atoms with Crippen molar-refractivity contribution in [2.45, 2.75) is 39.2 Å². The molecule has 0 saturated heterocycles. The lowest BCUT2D eigenvalue weighted by atomic mass is 9.91. The van der Waals surface area contributed by atoms with Gasteiger partial charge in [-0.2, -0.15) is 0 Å². The van der Waals surface area contributed by atoms with Gasteiger partial charge >= 0.3 is 0 Å². The van der Waals surface area contributed by atoms with Gasteiger partial charge in [0, 0.05) is 11.1 Å². The number of aliphatic hydroxyl groups is 1. The van der Waals surface area contributed by atoms with Gasteiger partial charge in [0.25, 0.3) is 0 Å². The predicted octanol–water partition coefficient (Wildman–Crippen LogP) is 2.89. The van der Waals surface area contributed by atoms with Crippen molar-refractivity contribution in [1.82, 2.24) is 0 Å². The zero-order valence-electron chi connectivity index (χ0n) is 9.61. The largest absolute Gasteiger partial charge is 0.386 e. The van der Waals surface area contributed by atoms with E-state index in [9.17, 15) is 5.11 Å². The van der Waals surface area contributed by atoms with E-state index in [1.807, 2.05) is 26.0 Å². The Morgan fingerprint density at radius 1 is 1.27 bits per heavy atom. The van der Waals surface area contributed by atoms with Crippen molar-refractivity contribution in [3.8, 4) is 5.75 Å². The fourth-order valence-electron chi connectivity index (χ4n) is 1.59. The maximum absolute atomic E-state index is 9.92. The van der Waals surface area contributed by atoms with Crippen LogP contribution in [-0.2, 0) is 5.60 Å². The molecule has 15 heavy (non-hydrogen) atoms. The molecule has 0 unspecified atom stereocenters. The van der Waals surface area contributed by atoms with E-state index in [-0.39, 0.29) is 5.92 Å². The van der Waals surface area contributed by atoms with Crippen molar-refractivity contribution in [3.63, 3.8) is 0 Å². The molecule has 0 spiro atoms. The van der Waals surface area contributed by atoms with E-state index < -0.39 is 5.60 Å². The van der Waals surface area contributed by atoms with Gasteiger partial charge in [0.1, 0.15) is 0 Å². The summed E-state index contributed by atoms with van der Waals surface area (Å²) in [5.74, 6) is 0.592. The zero-order chi connectivity index (χ0) is 11.6. The molecule has 0 radical (unpaired) electrons. The summed E-state index contributed by atoms with van der Waals surface area (Å²) in [4.78, 5) is 4.40. The van der Waals surface area contributed by atoms with Gasteiger partial charge in [0.05, 0.1) is 5.60 Å². The van der Waals surface area contributed by atoms with Crippen molar-refractivity contribution in [2.75, 3.05) is 0 Å². The molecule has 2 N–H and O–H groups in total. The van der Waals surface area contributed by atoms with E-state index in [1.54, 1.807) is 19.9 Å². The maximum atomic E-state index is 9.92. The Morgan fingerprint density at radius 2 is 1.87 bits per heavy atom. The molecule has 1 rings (SSSR count). The van der Waals surface area contributed by atoms with Gasteiger partial charge in [-0.25, -0.2) is 5.26 Å². The second kappa shape index (κ2) is 4.21. The van der Waals surface area contributed by atoms with Crippen LogP contribution >= 0.6 is 0 Å². The molecule has 84 valence electrons. The highest BCUT2D eigenvalue weighted by Crippen LogP contribution is 2.35. The Morgan fingerprint density at radius 3 is 2.27 bits per heavy atom. The minimum atomic E-state index is -1.02. The maximum Gasteiger partial charge on any atom is 0.174 e. The first kappa shape index (κ1) is 12.0. The van der Waals surface area contributed by atoms with Gasteiger partial charge in [-0.3, -0.25) is 0 Å². The fourth-order valence-corrected chi connectivity index (χ4v) is 1.59. The van der Waals surface area contributed by atoms with E-state index in [0.29, 0.717) is 11.3 Å². The average molecular weight is 210 g/mol. The number of benzene rings is 1. The lowest BCUT2D eigenvalue weighted by Gasteiger charge is -2.22. The Balaban J connectivity index is 3.35. The van der Waals surface area contributed by atoms with Crippen LogP contribution < -0.4 is 4.89 Å². The zero-order valence-corrected chi connectivity index (χ0v) is 9.61. The molecule has 3 nitrogen and oxygen atoms in total. The molecule has 0 saturated carbocycles. The van der Waals surface area contributed by atoms with E-state index in [4.69, 9.17) is 5.26 Å². The summed E-state index contributed by atoms with van der Waals surface area (Å²) in [6, 6.07) is 5.48. The minimum absolute atomic E-state index is 0.231. The number of hydrogen-bond donors (Lipinski definition) is 2. The van der Waals surface area contributed by atoms with Crippen LogP contribution in [0.2, 0.25) is 0 Å². The van der Waals surface area contributed by atoms with Crippen LogP contribution in [0.4, 0.5) is 0 Å². The molecule has 0 fully saturated rings. The molecule has 1 aromatic carbocycles. The summed E-state index contributed by atoms with van der Waals surface area (Å²) in [6.45, 7) is 7.34. The third kappa shape index (κ3) is 2.49. The van der Waals surface area contributed by atoms with E-state index in [1.165, 1.54) is 0 Å². The van der Waals surface area contributed by atoms with Gasteiger partial charge in [0.15, 0.2) is 5.75 Å². The number of hydrogen-bond acceptors (Lipinski definition) is 3. The Hall–Kier alpha value is -1.06. The first-order chi connectivity index (χ1) is 6.88. The highest BCUT2D eigenvalue weighted by atomic mass is 17.1. The fraction of sp³-hybridized carbons (Fsp3) is 0.500. The molecule has 3 heteroatoms. The van der Waals surface area contributed by atoms with Crippen LogP contribution in [0.1, 0.15) is 44.7 Å². The lowest BCUT2D eigenvalue weighted by Crippen LogP contribution is -2.17. The highest BCUT2D eigenvalue weighted by molar-refractivity contribution is 5.45. The molecule has 0 aliphatic carbocycles. The number of rotatable bonds is 3. The van der Waals surface area contributed by atoms with Crippen LogP contribution in [0, 0.1) is 0 Å². The molecule has 0 amide bonds. The van der Waals surface area contributed by atoms with Crippen molar-refractivity contribution >= 4 is 0 Å². The molecule has 0 aliphatic heterocycles. The topological polar surface area (TPSA) is 49.7 Å². The lowest BCUT2D eigenvalue weighted by molar-refractivity contribution is -0.141. The summed E-state index contributed by atoms with van der Waals surface area (Å²) < 4.78 is 0. The van der Waals surface area contributed by atoms with E-state index in [0.717, 1.165) is 5.56 Å². The Labute approximate surface area is 90.3 Å². The SMILES string of the molecule is CC(C)c1cccc(C(C)(C)O)c1OO. The molecular weight excluding hydrogens is 192 g/mol. The molecule has 0 bridgehead atoms. The second-order valence-electron chi connectivity index (χ2n) is 4.53. The highest BCUT2D eigenvalue weighted by Gasteiger charge is 2.24. The van der Waals surface area contributed by atoms with Crippen LogP contribution in [0.3, 0.4) is 0 Å². The summed E-state index contributed by atoms with van der Waals surface area (Å²) in [5.41, 5.74) is 0.455. The Kier molecular flexibility index (Phi) is 3.37. The molecule has 1 aromatic rings. The van der Waals surface area contributed by atoms with Gasteiger partial charge in [0.2, 0.25) is 0 Å². The van der Waals surface area contributed by atoms with Crippen molar-refractivity contribution in [3.05, 3.63) is 29.3 Å². The molecule has 0 heterocycles. The van der Waals surface area contributed by atoms with Crippen LogP contribution in [0.15, 0.2) is 18.2 Å². The van der Waals surface area contributed by atoms with Gasteiger partial charge in [-0.1, -0.05) is 32.0 Å². The van der Waals surface area contributed by atoms with Crippen LogP contribution in [0.5, 0.6) is 5.75 Å². The van der Waals surface area contributed by atoms with Crippen molar-refractivity contribution < 1.29 is 15.3 Å². The summed E-state index contributed by atoms with van der Waals surface area (Å²) in [6.07, 6.45) is 0. The third-order valence-corrected chi connectivity index (χ3v) is 2.42. The number of para-hydroxylation sites is 1. The van der Waals surface area contributed by atoms with Crippen molar-refractivity contribution in [1.29, 1.82) is 0 Å². The van der Waals surface area contributed by atoms with Gasteiger partial charge < -0.3 is 9.99 Å². The monoisotopic (exact) mass is 210 g/mol. The van der Waals surface area contributed by atoms with E-state index >= 15 is 0 Å². The predicted molar refractivity (Wildman–Crippen MR) is 59.0 cm³/mol. The summed E-state index contributed by atoms with van der Waals surface area (Å²) >= 11 is 0. The average Bonchev–Trinajstić information content (AvgIpc) is 2.15. The molecular formula is C12H18O3. The summed E-state index contributed by atoms with van der Waals surface area (Å²) in [7, 11) is 0. The second-order valence-corrected chi connectivity index (χ2v) is 4.53. The van der Waals surface area contributed by atoms with Crippen molar-refractivity contribution in [2.24, 2.45) is 0 Å². The van der Waals surface area contributed by atoms with Crippen LogP contribution in [-0.4, -0.2) is 10.4 Å². The van der Waals surface area contributed by atoms with E-state index in [2.05, 4.69) is 4.89 Å². The minimum Gasteiger partial charge on any atom is -0.386 e. The first-order valence-corrected chi connectivity index (χ1v) is 5.05. The van der Waals surface area contributed by atoms with Crippen LogP contribution in [0.25, 0.3) is 0 Å². The quantitative estimate of drug-likeness (QED) is 0.595. The van der Waals surface area contributed by atoms with Gasteiger partial charge in [-0.05, 0) is 19.8 Å². The summed E-state index contributed by atoms with van der Waals surface area (Å²) in [5, 5.41) is 18.8.